The van der Waals surface area contributed by atoms with Crippen LogP contribution in [0.5, 0.6) is 11.8 Å². The van der Waals surface area contributed by atoms with Crippen molar-refractivity contribution in [1.29, 1.82) is 0 Å². The number of aryl methyl sites for hydroxylation is 2. The molecule has 0 spiro atoms. The molecule has 42 heavy (non-hydrogen) atoms. The zero-order valence-corrected chi connectivity index (χ0v) is 25.4. The van der Waals surface area contributed by atoms with Crippen molar-refractivity contribution in [2.45, 2.75) is 20.4 Å². The van der Waals surface area contributed by atoms with Gasteiger partial charge in [0.1, 0.15) is 5.75 Å². The largest absolute Gasteiger partial charge is 0.483 e. The molecule has 5 aromatic rings. The molecule has 6 rings (SSSR count). The SMILES string of the molecule is CSCC1CN(Cc2ccc(-c3ccc(-c4nc5nc(Oc6ccc(C)c(C)c6)[nH]c5cc4Cl)cc3)cc2)C1.O=CO. The minimum absolute atomic E-state index is 0.250. The van der Waals surface area contributed by atoms with E-state index in [0.717, 1.165) is 40.4 Å². The number of carboxylic acid groups (broad SMARTS) is 1. The molecule has 1 fully saturated rings. The molecule has 0 radical (unpaired) electrons. The van der Waals surface area contributed by atoms with Crippen molar-refractivity contribution in [3.63, 3.8) is 0 Å². The van der Waals surface area contributed by atoms with Crippen LogP contribution < -0.4 is 4.74 Å². The van der Waals surface area contributed by atoms with Gasteiger partial charge in [-0.05, 0) is 77.8 Å². The van der Waals surface area contributed by atoms with Gasteiger partial charge >= 0.3 is 6.01 Å². The van der Waals surface area contributed by atoms with Gasteiger partial charge in [0.25, 0.3) is 6.47 Å². The lowest BCUT2D eigenvalue weighted by molar-refractivity contribution is -0.122. The molecule has 0 atom stereocenters. The third-order valence-corrected chi connectivity index (χ3v) is 8.48. The molecule has 1 aliphatic rings. The summed E-state index contributed by atoms with van der Waals surface area (Å²) in [5.41, 5.74) is 9.05. The highest BCUT2D eigenvalue weighted by atomic mass is 35.5. The lowest BCUT2D eigenvalue weighted by Gasteiger charge is -2.39. The zero-order valence-electron chi connectivity index (χ0n) is 23.8. The number of aromatic amines is 1. The van der Waals surface area contributed by atoms with Gasteiger partial charge in [-0.3, -0.25) is 9.69 Å². The Bertz CT molecular complexity index is 1670. The third kappa shape index (κ3) is 6.95. The number of benzene rings is 3. The Kier molecular flexibility index (Phi) is 9.47. The van der Waals surface area contributed by atoms with Gasteiger partial charge < -0.3 is 14.8 Å². The van der Waals surface area contributed by atoms with E-state index in [-0.39, 0.29) is 6.47 Å². The number of halogens is 1. The lowest BCUT2D eigenvalue weighted by Crippen LogP contribution is -2.46. The topological polar surface area (TPSA) is 91.3 Å². The summed E-state index contributed by atoms with van der Waals surface area (Å²) >= 11 is 8.60. The molecule has 0 bridgehead atoms. The highest BCUT2D eigenvalue weighted by Crippen LogP contribution is 2.32. The molecule has 0 saturated carbocycles. The number of rotatable bonds is 8. The summed E-state index contributed by atoms with van der Waals surface area (Å²) in [5.74, 6) is 2.85. The molecular formula is C33H33ClN4O3S. The molecule has 216 valence electrons. The maximum Gasteiger partial charge on any atom is 0.301 e. The Hall–Kier alpha value is -3.85. The van der Waals surface area contributed by atoms with Crippen molar-refractivity contribution in [3.05, 3.63) is 94.5 Å². The minimum Gasteiger partial charge on any atom is -0.483 e. The summed E-state index contributed by atoms with van der Waals surface area (Å²) < 4.78 is 5.95. The summed E-state index contributed by atoms with van der Waals surface area (Å²) in [6, 6.07) is 25.5. The second kappa shape index (κ2) is 13.4. The first-order chi connectivity index (χ1) is 20.4. The van der Waals surface area contributed by atoms with Crippen LogP contribution >= 0.6 is 23.4 Å². The van der Waals surface area contributed by atoms with E-state index >= 15 is 0 Å². The summed E-state index contributed by atoms with van der Waals surface area (Å²) in [4.78, 5) is 23.4. The fourth-order valence-corrected chi connectivity index (χ4v) is 6.01. The van der Waals surface area contributed by atoms with E-state index in [9.17, 15) is 0 Å². The highest BCUT2D eigenvalue weighted by molar-refractivity contribution is 7.98. The Balaban J connectivity index is 0.00000113. The second-order valence-electron chi connectivity index (χ2n) is 10.5. The molecule has 1 aliphatic heterocycles. The smallest absolute Gasteiger partial charge is 0.301 e. The Labute approximate surface area is 254 Å². The molecule has 2 N–H and O–H groups in total. The van der Waals surface area contributed by atoms with Gasteiger partial charge in [-0.15, -0.1) is 0 Å². The number of hydrogen-bond donors (Lipinski definition) is 2. The van der Waals surface area contributed by atoms with Gasteiger partial charge in [-0.1, -0.05) is 66.2 Å². The predicted molar refractivity (Wildman–Crippen MR) is 172 cm³/mol. The molecular weight excluding hydrogens is 568 g/mol. The van der Waals surface area contributed by atoms with Crippen LogP contribution in [0.4, 0.5) is 0 Å². The highest BCUT2D eigenvalue weighted by Gasteiger charge is 2.25. The average Bonchev–Trinajstić information content (AvgIpc) is 3.35. The zero-order chi connectivity index (χ0) is 29.6. The fraction of sp³-hybridized carbons (Fsp3) is 0.242. The monoisotopic (exact) mass is 600 g/mol. The van der Waals surface area contributed by atoms with E-state index in [1.165, 1.54) is 35.5 Å². The van der Waals surface area contributed by atoms with Gasteiger partial charge in [-0.2, -0.15) is 16.7 Å². The van der Waals surface area contributed by atoms with Crippen LogP contribution in [-0.2, 0) is 11.3 Å². The normalized spacial score (nSPS) is 13.3. The number of likely N-dealkylation sites (tertiary alicyclic amines) is 1. The van der Waals surface area contributed by atoms with E-state index in [4.69, 9.17) is 31.2 Å². The van der Waals surface area contributed by atoms with Gasteiger partial charge in [0.2, 0.25) is 0 Å². The van der Waals surface area contributed by atoms with Crippen molar-refractivity contribution >= 4 is 41.0 Å². The standard InChI is InChI=1S/C32H31ClN4OS.CH2O2/c1-20-4-13-27(14-21(20)2)38-32-34-29-15-28(33)30(35-31(29)36-32)26-11-9-25(10-12-26)24-7-5-22(6-8-24)16-37-17-23(18-37)19-39-3;2-1-3/h4-15,23H,16-19H2,1-3H3,(H,34,35,36);1H,(H,2,3). The molecule has 1 saturated heterocycles. The van der Waals surface area contributed by atoms with E-state index < -0.39 is 0 Å². The number of fused-ring (bicyclic) bond motifs is 1. The first-order valence-electron chi connectivity index (χ1n) is 13.7. The minimum atomic E-state index is -0.250. The van der Waals surface area contributed by atoms with E-state index in [1.807, 2.05) is 36.0 Å². The van der Waals surface area contributed by atoms with Gasteiger partial charge in [0.05, 0.1) is 16.2 Å². The average molecular weight is 601 g/mol. The van der Waals surface area contributed by atoms with E-state index in [1.54, 1.807) is 0 Å². The van der Waals surface area contributed by atoms with E-state index in [0.29, 0.717) is 22.4 Å². The van der Waals surface area contributed by atoms with Crippen LogP contribution in [-0.4, -0.2) is 56.5 Å². The maximum absolute atomic E-state index is 8.36. The number of H-pyrrole nitrogens is 1. The number of carbonyl (C=O) groups is 1. The van der Waals surface area contributed by atoms with Crippen molar-refractivity contribution in [2.75, 3.05) is 25.1 Å². The molecule has 0 aliphatic carbocycles. The van der Waals surface area contributed by atoms with Crippen LogP contribution in [0.1, 0.15) is 16.7 Å². The quantitative estimate of drug-likeness (QED) is 0.175. The van der Waals surface area contributed by atoms with Gasteiger partial charge in [-0.25, -0.2) is 4.98 Å². The van der Waals surface area contributed by atoms with Crippen molar-refractivity contribution < 1.29 is 14.6 Å². The van der Waals surface area contributed by atoms with Crippen LogP contribution in [0.25, 0.3) is 33.5 Å². The fourth-order valence-electron chi connectivity index (χ4n) is 5.06. The summed E-state index contributed by atoms with van der Waals surface area (Å²) in [7, 11) is 0. The number of ether oxygens (including phenoxy) is 1. The van der Waals surface area contributed by atoms with Crippen molar-refractivity contribution in [2.24, 2.45) is 5.92 Å². The molecule has 0 amide bonds. The number of pyridine rings is 1. The molecule has 7 nitrogen and oxygen atoms in total. The first kappa shape index (κ1) is 29.6. The third-order valence-electron chi connectivity index (χ3n) is 7.38. The van der Waals surface area contributed by atoms with Gasteiger partial charge in [0, 0.05) is 25.2 Å². The molecule has 3 heterocycles. The Morgan fingerprint density at radius 1 is 0.976 bits per heavy atom. The first-order valence-corrected chi connectivity index (χ1v) is 15.4. The van der Waals surface area contributed by atoms with Crippen LogP contribution in [0.3, 0.4) is 0 Å². The Morgan fingerprint density at radius 2 is 1.62 bits per heavy atom. The second-order valence-corrected chi connectivity index (χ2v) is 11.8. The molecule has 0 unspecified atom stereocenters. The van der Waals surface area contributed by atoms with Crippen molar-refractivity contribution in [1.82, 2.24) is 19.9 Å². The van der Waals surface area contributed by atoms with Crippen LogP contribution in [0.2, 0.25) is 5.02 Å². The van der Waals surface area contributed by atoms with Gasteiger partial charge in [0.15, 0.2) is 5.65 Å². The van der Waals surface area contributed by atoms with E-state index in [2.05, 4.69) is 83.5 Å². The maximum atomic E-state index is 8.36. The number of aromatic nitrogens is 3. The number of thioether (sulfide) groups is 1. The summed E-state index contributed by atoms with van der Waals surface area (Å²) in [5, 5.41) is 7.45. The molecule has 9 heteroatoms. The molecule has 3 aromatic carbocycles. The number of imidazole rings is 1. The lowest BCUT2D eigenvalue weighted by atomic mass is 9.99. The predicted octanol–water partition coefficient (Wildman–Crippen LogP) is 7.85. The summed E-state index contributed by atoms with van der Waals surface area (Å²) in [6.07, 6.45) is 2.19. The van der Waals surface area contributed by atoms with Crippen LogP contribution in [0, 0.1) is 19.8 Å². The molecule has 2 aromatic heterocycles. The Morgan fingerprint density at radius 3 is 2.26 bits per heavy atom. The number of nitrogens with zero attached hydrogens (tertiary/aromatic N) is 3. The number of hydrogen-bond acceptors (Lipinski definition) is 6. The number of nitrogens with one attached hydrogen (secondary N) is 1. The van der Waals surface area contributed by atoms with Crippen molar-refractivity contribution in [3.8, 4) is 34.1 Å². The summed E-state index contributed by atoms with van der Waals surface area (Å²) in [6.45, 7) is 7.34. The van der Waals surface area contributed by atoms with Crippen LogP contribution in [0.15, 0.2) is 72.8 Å².